The van der Waals surface area contributed by atoms with E-state index in [2.05, 4.69) is 45.1 Å². The fourth-order valence-corrected chi connectivity index (χ4v) is 2.71. The van der Waals surface area contributed by atoms with E-state index in [1.165, 1.54) is 5.56 Å². The van der Waals surface area contributed by atoms with Crippen molar-refractivity contribution in [1.82, 2.24) is 4.90 Å². The molecular weight excluding hydrogens is 292 g/mol. The van der Waals surface area contributed by atoms with Gasteiger partial charge < -0.3 is 10.5 Å². The first-order chi connectivity index (χ1) is 8.81. The molecule has 3 nitrogen and oxygen atoms in total. The van der Waals surface area contributed by atoms with Gasteiger partial charge in [-0.25, -0.2) is 0 Å². The third kappa shape index (κ3) is 3.79. The van der Waals surface area contributed by atoms with Gasteiger partial charge in [0.25, 0.3) is 0 Å². The van der Waals surface area contributed by atoms with Crippen molar-refractivity contribution in [3.8, 4) is 0 Å². The van der Waals surface area contributed by atoms with Crippen molar-refractivity contribution in [2.24, 2.45) is 5.73 Å². The zero-order valence-electron chi connectivity index (χ0n) is 10.6. The van der Waals surface area contributed by atoms with Gasteiger partial charge in [0.1, 0.15) is 0 Å². The zero-order chi connectivity index (χ0) is 12.8. The molecule has 1 aromatic rings. The maximum absolute atomic E-state index is 5.66. The summed E-state index contributed by atoms with van der Waals surface area (Å²) in [5.41, 5.74) is 7.04. The largest absolute Gasteiger partial charge is 0.379 e. The smallest absolute Gasteiger partial charge is 0.0594 e. The van der Waals surface area contributed by atoms with E-state index in [1.54, 1.807) is 0 Å². The first-order valence-electron chi connectivity index (χ1n) is 6.58. The van der Waals surface area contributed by atoms with Crippen LogP contribution in [0.3, 0.4) is 0 Å². The molecule has 1 aliphatic heterocycles. The Morgan fingerprint density at radius 1 is 1.22 bits per heavy atom. The van der Waals surface area contributed by atoms with Crippen molar-refractivity contribution in [2.45, 2.75) is 18.9 Å². The Balaban J connectivity index is 2.10. The van der Waals surface area contributed by atoms with Crippen LogP contribution in [-0.2, 0) is 4.74 Å². The lowest BCUT2D eigenvalue weighted by atomic mass is 10.00. The van der Waals surface area contributed by atoms with E-state index in [4.69, 9.17) is 10.5 Å². The second kappa shape index (κ2) is 7.24. The molecule has 0 aliphatic carbocycles. The monoisotopic (exact) mass is 312 g/mol. The van der Waals surface area contributed by atoms with E-state index < -0.39 is 0 Å². The molecule has 2 N–H and O–H groups in total. The Morgan fingerprint density at radius 3 is 2.50 bits per heavy atom. The molecule has 0 saturated carbocycles. The molecule has 0 radical (unpaired) electrons. The van der Waals surface area contributed by atoms with Crippen LogP contribution in [-0.4, -0.2) is 37.7 Å². The van der Waals surface area contributed by atoms with E-state index >= 15 is 0 Å². The molecule has 4 heteroatoms. The van der Waals surface area contributed by atoms with Crippen LogP contribution in [0.15, 0.2) is 28.7 Å². The number of hydrogen-bond donors (Lipinski definition) is 1. The van der Waals surface area contributed by atoms with E-state index in [9.17, 15) is 0 Å². The predicted octanol–water partition coefficient (Wildman–Crippen LogP) is 2.56. The molecule has 1 aromatic carbocycles. The predicted molar refractivity (Wildman–Crippen MR) is 77.6 cm³/mol. The van der Waals surface area contributed by atoms with E-state index in [0.29, 0.717) is 6.04 Å². The van der Waals surface area contributed by atoms with Crippen LogP contribution in [0.5, 0.6) is 0 Å². The molecule has 1 unspecified atom stereocenters. The molecule has 1 aliphatic rings. The van der Waals surface area contributed by atoms with Crippen LogP contribution >= 0.6 is 15.9 Å². The van der Waals surface area contributed by atoms with Crippen molar-refractivity contribution >= 4 is 15.9 Å². The molecular formula is C14H21BrN2O. The maximum Gasteiger partial charge on any atom is 0.0594 e. The van der Waals surface area contributed by atoms with Gasteiger partial charge in [0.2, 0.25) is 0 Å². The summed E-state index contributed by atoms with van der Waals surface area (Å²) in [6, 6.07) is 9.13. The third-order valence-electron chi connectivity index (χ3n) is 3.42. The van der Waals surface area contributed by atoms with E-state index in [-0.39, 0.29) is 0 Å². The summed E-state index contributed by atoms with van der Waals surface area (Å²) < 4.78 is 6.57. The summed E-state index contributed by atoms with van der Waals surface area (Å²) in [5.74, 6) is 0. The van der Waals surface area contributed by atoms with Crippen molar-refractivity contribution in [1.29, 1.82) is 0 Å². The van der Waals surface area contributed by atoms with Gasteiger partial charge >= 0.3 is 0 Å². The molecule has 18 heavy (non-hydrogen) atoms. The second-order valence-corrected chi connectivity index (χ2v) is 5.56. The summed E-state index contributed by atoms with van der Waals surface area (Å²) in [7, 11) is 0. The number of morpholine rings is 1. The number of hydrogen-bond acceptors (Lipinski definition) is 3. The minimum Gasteiger partial charge on any atom is -0.379 e. The number of nitrogens with zero attached hydrogens (tertiary/aromatic N) is 1. The fraction of sp³-hybridized carbons (Fsp3) is 0.571. The maximum atomic E-state index is 5.66. The standard InChI is InChI=1S/C14H21BrN2O/c15-13-5-3-12(4-6-13)14(2-1-7-16)17-8-10-18-11-9-17/h3-6,14H,1-2,7-11,16H2. The molecule has 0 bridgehead atoms. The molecule has 0 amide bonds. The molecule has 100 valence electrons. The number of halogens is 1. The van der Waals surface area contributed by atoms with Crippen LogP contribution in [0.1, 0.15) is 24.4 Å². The van der Waals surface area contributed by atoms with Crippen molar-refractivity contribution in [2.75, 3.05) is 32.8 Å². The van der Waals surface area contributed by atoms with Crippen molar-refractivity contribution in [3.63, 3.8) is 0 Å². The zero-order valence-corrected chi connectivity index (χ0v) is 12.2. The molecule has 1 fully saturated rings. The highest BCUT2D eigenvalue weighted by Gasteiger charge is 2.21. The Bertz CT molecular complexity index is 349. The topological polar surface area (TPSA) is 38.5 Å². The SMILES string of the molecule is NCCCC(c1ccc(Br)cc1)N1CCOCC1. The average Bonchev–Trinajstić information content (AvgIpc) is 2.42. The van der Waals surface area contributed by atoms with Crippen LogP contribution in [0.2, 0.25) is 0 Å². The number of nitrogens with two attached hydrogens (primary N) is 1. The van der Waals surface area contributed by atoms with E-state index in [0.717, 1.165) is 50.2 Å². The Hall–Kier alpha value is -0.420. The van der Waals surface area contributed by atoms with Gasteiger partial charge in [0, 0.05) is 23.6 Å². The van der Waals surface area contributed by atoms with Crippen molar-refractivity contribution in [3.05, 3.63) is 34.3 Å². The van der Waals surface area contributed by atoms with Crippen LogP contribution in [0.4, 0.5) is 0 Å². The lowest BCUT2D eigenvalue weighted by Crippen LogP contribution is -2.39. The summed E-state index contributed by atoms with van der Waals surface area (Å²) in [6.07, 6.45) is 2.19. The Kier molecular flexibility index (Phi) is 5.63. The third-order valence-corrected chi connectivity index (χ3v) is 3.95. The average molecular weight is 313 g/mol. The molecule has 1 saturated heterocycles. The van der Waals surface area contributed by atoms with Crippen LogP contribution < -0.4 is 5.73 Å². The second-order valence-electron chi connectivity index (χ2n) is 4.65. The molecule has 1 heterocycles. The molecule has 1 atom stereocenters. The van der Waals surface area contributed by atoms with Gasteiger partial charge in [0.15, 0.2) is 0 Å². The first-order valence-corrected chi connectivity index (χ1v) is 7.38. The lowest BCUT2D eigenvalue weighted by Gasteiger charge is -2.35. The molecule has 2 rings (SSSR count). The van der Waals surface area contributed by atoms with Gasteiger partial charge in [-0.2, -0.15) is 0 Å². The minimum atomic E-state index is 0.477. The van der Waals surface area contributed by atoms with Gasteiger partial charge in [-0.05, 0) is 37.1 Å². The normalized spacial score (nSPS) is 18.8. The first kappa shape index (κ1) is 14.0. The van der Waals surface area contributed by atoms with Crippen molar-refractivity contribution < 1.29 is 4.74 Å². The van der Waals surface area contributed by atoms with Gasteiger partial charge in [-0.15, -0.1) is 0 Å². The van der Waals surface area contributed by atoms with Gasteiger partial charge in [-0.1, -0.05) is 28.1 Å². The van der Waals surface area contributed by atoms with Gasteiger partial charge in [-0.3, -0.25) is 4.90 Å². The number of ether oxygens (including phenoxy) is 1. The molecule has 0 spiro atoms. The Labute approximate surface area is 117 Å². The number of benzene rings is 1. The van der Waals surface area contributed by atoms with Gasteiger partial charge in [0.05, 0.1) is 13.2 Å². The summed E-state index contributed by atoms with van der Waals surface area (Å²) in [5, 5.41) is 0. The Morgan fingerprint density at radius 2 is 1.89 bits per heavy atom. The highest BCUT2D eigenvalue weighted by molar-refractivity contribution is 9.10. The minimum absolute atomic E-state index is 0.477. The summed E-state index contributed by atoms with van der Waals surface area (Å²) in [4.78, 5) is 2.52. The van der Waals surface area contributed by atoms with E-state index in [1.807, 2.05) is 0 Å². The summed E-state index contributed by atoms with van der Waals surface area (Å²) in [6.45, 7) is 4.49. The highest BCUT2D eigenvalue weighted by atomic mass is 79.9. The molecule has 0 aromatic heterocycles. The quantitative estimate of drug-likeness (QED) is 0.908. The van der Waals surface area contributed by atoms with Crippen LogP contribution in [0.25, 0.3) is 0 Å². The fourth-order valence-electron chi connectivity index (χ4n) is 2.45. The van der Waals surface area contributed by atoms with Crippen LogP contribution in [0, 0.1) is 0 Å². The summed E-state index contributed by atoms with van der Waals surface area (Å²) >= 11 is 3.49. The highest BCUT2D eigenvalue weighted by Crippen LogP contribution is 2.27. The lowest BCUT2D eigenvalue weighted by molar-refractivity contribution is 0.0139. The number of rotatable bonds is 5.